The Kier molecular flexibility index (Phi) is 27.5. The van der Waals surface area contributed by atoms with Gasteiger partial charge in [-0.25, -0.2) is 14.4 Å². The third-order valence-electron chi connectivity index (χ3n) is 43.2. The SMILES string of the molecule is CC(c1ccc(OC(=O)CCCC(=O)OC2(C)C3CC4CC(C3)CC2C4)cc1)(c1ccc(OC(=O)CCCC(=O)OC2(C)C3CC4CC(C3)CC2C4)cc1)c1ccc(OC(=O)CCCC(=O)OC2(C)C3CC4CC(C3)CC2C4)cc1.CC(c1ccc(OCC(=O)OC2(C)C3CC4CC(C3)CC2C4)cc1)(c1ccc(OCC(=O)OC2(C)C3CC4CC(C3)CC2C4)cc1)c1ccc(OCC(=O)OC2(C)C3CC4CC(C3)CC2C4)cc1. The number of ether oxygens (including phenoxy) is 12. The molecule has 24 saturated carbocycles. The van der Waals surface area contributed by atoms with Crippen LogP contribution in [-0.2, 0) is 82.4 Å². The molecule has 21 heteroatoms. The van der Waals surface area contributed by atoms with Gasteiger partial charge in [0.05, 0.1) is 0 Å². The second-order valence-corrected chi connectivity index (χ2v) is 52.0. The molecule has 0 aromatic heterocycles. The van der Waals surface area contributed by atoms with Crippen LogP contribution in [0.1, 0.15) is 339 Å². The van der Waals surface area contributed by atoms with Gasteiger partial charge < -0.3 is 56.8 Å². The number of benzene rings is 6. The molecule has 790 valence electrons. The second-order valence-electron chi connectivity index (χ2n) is 52.0. The Labute approximate surface area is 874 Å². The third-order valence-corrected chi connectivity index (χ3v) is 43.2. The molecule has 0 unspecified atom stereocenters. The lowest BCUT2D eigenvalue weighted by atomic mass is 9.50. The van der Waals surface area contributed by atoms with E-state index in [1.54, 1.807) is 36.4 Å². The van der Waals surface area contributed by atoms with Gasteiger partial charge in [0.2, 0.25) is 0 Å². The Morgan fingerprint density at radius 1 is 0.196 bits per heavy atom. The molecular weight excluding hydrogens is 1860 g/mol. The molecule has 148 heavy (non-hydrogen) atoms. The first kappa shape index (κ1) is 101. The van der Waals surface area contributed by atoms with Crippen molar-refractivity contribution in [2.45, 2.75) is 350 Å². The van der Waals surface area contributed by atoms with E-state index < -0.39 is 62.3 Å². The minimum Gasteiger partial charge on any atom is -0.482 e. The monoisotopic (exact) mass is 2020 g/mol. The fraction of sp³-hybridized carbons (Fsp3) is 0.646. The number of esters is 9. The van der Waals surface area contributed by atoms with Gasteiger partial charge in [-0.05, 0) is 515 Å². The quantitative estimate of drug-likeness (QED) is 0.0153. The number of carbonyl (C=O) groups excluding carboxylic acids is 9. The molecule has 0 saturated heterocycles. The number of rotatable bonds is 36. The smallest absolute Gasteiger partial charge is 0.344 e. The van der Waals surface area contributed by atoms with Crippen LogP contribution in [-0.4, -0.2) is 107 Å². The fourth-order valence-corrected chi connectivity index (χ4v) is 35.8. The van der Waals surface area contributed by atoms with Crippen LogP contribution in [0.25, 0.3) is 0 Å². The minimum atomic E-state index is -0.801. The molecule has 0 atom stereocenters. The van der Waals surface area contributed by atoms with Crippen LogP contribution in [0.3, 0.4) is 0 Å². The van der Waals surface area contributed by atoms with Gasteiger partial charge in [0, 0.05) is 49.4 Å². The average Bonchev–Trinajstić information content (AvgIpc) is 0.731. The van der Waals surface area contributed by atoms with Crippen molar-refractivity contribution in [2.75, 3.05) is 19.8 Å². The minimum absolute atomic E-state index is 0.0803. The predicted molar refractivity (Wildman–Crippen MR) is 554 cm³/mol. The van der Waals surface area contributed by atoms with E-state index in [0.29, 0.717) is 125 Å². The van der Waals surface area contributed by atoms with Crippen molar-refractivity contribution >= 4 is 53.7 Å². The zero-order valence-electron chi connectivity index (χ0n) is 88.5. The van der Waals surface area contributed by atoms with Crippen LogP contribution < -0.4 is 28.4 Å². The van der Waals surface area contributed by atoms with E-state index in [9.17, 15) is 43.2 Å². The van der Waals surface area contributed by atoms with Crippen molar-refractivity contribution in [3.8, 4) is 34.5 Å². The average molecular weight is 2020 g/mol. The van der Waals surface area contributed by atoms with E-state index in [2.05, 4.69) is 91.8 Å². The molecule has 6 aromatic carbocycles. The number of hydrogen-bond donors (Lipinski definition) is 0. The Morgan fingerprint density at radius 3 is 0.486 bits per heavy atom. The maximum absolute atomic E-state index is 13.3. The Balaban J connectivity index is 0.000000165. The van der Waals surface area contributed by atoms with Gasteiger partial charge >= 0.3 is 53.7 Å². The highest BCUT2D eigenvalue weighted by molar-refractivity contribution is 5.78. The highest BCUT2D eigenvalue weighted by atomic mass is 16.6. The van der Waals surface area contributed by atoms with Gasteiger partial charge in [0.15, 0.2) is 19.8 Å². The van der Waals surface area contributed by atoms with E-state index in [1.807, 2.05) is 72.8 Å². The van der Waals surface area contributed by atoms with Crippen LogP contribution in [0.2, 0.25) is 0 Å². The number of carbonyl (C=O) groups is 9. The van der Waals surface area contributed by atoms with E-state index in [0.717, 1.165) is 181 Å². The maximum Gasteiger partial charge on any atom is 0.344 e. The van der Waals surface area contributed by atoms with E-state index in [1.165, 1.54) is 116 Å². The largest absolute Gasteiger partial charge is 0.482 e. The first-order chi connectivity index (χ1) is 71.1. The summed E-state index contributed by atoms with van der Waals surface area (Å²) in [6.45, 7) is 16.8. The van der Waals surface area contributed by atoms with Gasteiger partial charge in [-0.2, -0.15) is 0 Å². The predicted octanol–water partition coefficient (Wildman–Crippen LogP) is 25.0. The first-order valence-electron chi connectivity index (χ1n) is 57.6. The summed E-state index contributed by atoms with van der Waals surface area (Å²) in [7, 11) is 0. The van der Waals surface area contributed by atoms with Crippen LogP contribution in [0.4, 0.5) is 0 Å². The molecule has 0 N–H and O–H groups in total. The van der Waals surface area contributed by atoms with Gasteiger partial charge in [0.25, 0.3) is 0 Å². The molecule has 0 radical (unpaired) electrons. The Hall–Kier alpha value is -10.1. The molecule has 21 nitrogen and oxygen atoms in total. The summed E-state index contributed by atoms with van der Waals surface area (Å²) in [5.74, 6) is 14.8. The van der Waals surface area contributed by atoms with Crippen molar-refractivity contribution in [3.05, 3.63) is 179 Å². The summed E-state index contributed by atoms with van der Waals surface area (Å²) in [6, 6.07) is 45.9. The van der Waals surface area contributed by atoms with E-state index in [4.69, 9.17) is 56.8 Å². The third kappa shape index (κ3) is 19.9. The molecule has 24 fully saturated rings. The van der Waals surface area contributed by atoms with Crippen molar-refractivity contribution in [3.63, 3.8) is 0 Å². The van der Waals surface area contributed by atoms with Gasteiger partial charge in [0.1, 0.15) is 68.1 Å². The molecular formula is C127H156O21. The first-order valence-corrected chi connectivity index (χ1v) is 57.6. The van der Waals surface area contributed by atoms with Crippen molar-refractivity contribution in [1.82, 2.24) is 0 Å². The standard InChI is InChI=1S/C68H84O12.C59H72O9/c1-65(47-14-20-56(21-15-47)75-59(69)8-5-11-62(72)78-66(2)50-29-41-26-42(31-50)32-51(66)30-41,48-16-22-57(23-17-48)76-60(70)9-6-12-63(73)79-67(3)52-33-43-27-44(35-52)36-53(67)34-43)49-18-24-58(25-19-49)77-61(71)10-7-13-64(74)80-68(4)54-37-45-28-46(39-54)40-55(68)38-45;1-56(41-5-11-50(12-6-41)63-32-53(60)66-57(2)44-20-35-17-36(22-44)23-45(57)21-35,42-7-13-51(14-8-42)64-33-54(61)67-58(3)46-24-37-18-38(26-46)27-47(58)25-37)43-9-15-52(16-10-43)65-34-55(62)68-59(4)48-28-39-19-40(30-48)31-49(59)29-39/h14-25,41-46,50-55H,5-13,26-40H2,1-4H3;5-16,35-40,44-49H,17-34H2,1-4H3. The summed E-state index contributed by atoms with van der Waals surface area (Å²) >= 11 is 0. The summed E-state index contributed by atoms with van der Waals surface area (Å²) in [6.07, 6.45) is 37.7. The number of hydrogen-bond acceptors (Lipinski definition) is 21. The summed E-state index contributed by atoms with van der Waals surface area (Å²) < 4.78 is 73.2. The highest BCUT2D eigenvalue weighted by Gasteiger charge is 2.64. The summed E-state index contributed by atoms with van der Waals surface area (Å²) in [4.78, 5) is 119. The van der Waals surface area contributed by atoms with Crippen molar-refractivity contribution in [1.29, 1.82) is 0 Å². The molecule has 6 aromatic rings. The zero-order valence-corrected chi connectivity index (χ0v) is 88.5. The van der Waals surface area contributed by atoms with Crippen LogP contribution >= 0.6 is 0 Å². The Bertz CT molecular complexity index is 5180. The van der Waals surface area contributed by atoms with Crippen LogP contribution in [0.15, 0.2) is 146 Å². The van der Waals surface area contributed by atoms with Gasteiger partial charge in [-0.15, -0.1) is 0 Å². The van der Waals surface area contributed by atoms with Crippen LogP contribution in [0, 0.1) is 142 Å². The molecule has 24 bridgehead atoms. The summed E-state index contributed by atoms with van der Waals surface area (Å²) in [5.41, 5.74) is 1.80. The topological polar surface area (TPSA) is 264 Å². The van der Waals surface area contributed by atoms with Crippen molar-refractivity contribution < 1.29 is 100.0 Å². The van der Waals surface area contributed by atoms with Gasteiger partial charge in [-0.1, -0.05) is 72.8 Å². The highest BCUT2D eigenvalue weighted by Crippen LogP contribution is 2.67. The molecule has 0 spiro atoms. The zero-order chi connectivity index (χ0) is 102. The normalized spacial score (nSPS) is 37.2. The van der Waals surface area contributed by atoms with Gasteiger partial charge in [-0.3, -0.25) is 28.8 Å². The summed E-state index contributed by atoms with van der Waals surface area (Å²) in [5, 5.41) is 0. The maximum atomic E-state index is 13.3. The molecule has 0 aliphatic heterocycles. The molecule has 0 heterocycles. The van der Waals surface area contributed by atoms with E-state index in [-0.39, 0.29) is 94.2 Å². The van der Waals surface area contributed by atoms with E-state index >= 15 is 0 Å². The Morgan fingerprint density at radius 2 is 0.331 bits per heavy atom. The fourth-order valence-electron chi connectivity index (χ4n) is 35.8. The second kappa shape index (κ2) is 40.2. The molecule has 30 rings (SSSR count). The van der Waals surface area contributed by atoms with Crippen LogP contribution in [0.5, 0.6) is 34.5 Å². The van der Waals surface area contributed by atoms with Crippen molar-refractivity contribution in [2.24, 2.45) is 142 Å². The lowest BCUT2D eigenvalue weighted by Gasteiger charge is -2.59. The molecule has 24 aliphatic carbocycles. The molecule has 0 amide bonds. The molecule has 24 aliphatic rings. The lowest BCUT2D eigenvalue weighted by Crippen LogP contribution is -2.58. The lowest BCUT2D eigenvalue weighted by molar-refractivity contribution is -0.205.